The molecule has 2 rings (SSSR count). The molecule has 1 fully saturated rings. The molecule has 0 bridgehead atoms. The molecule has 1 aliphatic rings. The topological polar surface area (TPSA) is 20.3 Å². The van der Waals surface area contributed by atoms with Gasteiger partial charge in [-0.15, -0.1) is 0 Å². The van der Waals surface area contributed by atoms with Gasteiger partial charge in [-0.1, -0.05) is 40.5 Å². The van der Waals surface area contributed by atoms with E-state index >= 15 is 0 Å². The number of carbonyl (C=O) groups excluding carboxylic acids is 1. The molecule has 1 aromatic carbocycles. The normalized spacial score (nSPS) is 21.8. The van der Waals surface area contributed by atoms with Gasteiger partial charge in [0, 0.05) is 41.5 Å². The van der Waals surface area contributed by atoms with Gasteiger partial charge in [0.05, 0.1) is 0 Å². The zero-order valence-corrected chi connectivity index (χ0v) is 12.1. The Morgan fingerprint density at radius 1 is 1.53 bits per heavy atom. The van der Waals surface area contributed by atoms with E-state index in [1.165, 1.54) is 0 Å². The van der Waals surface area contributed by atoms with E-state index in [1.807, 2.05) is 25.1 Å². The summed E-state index contributed by atoms with van der Waals surface area (Å²) in [5.74, 6) is 0.529. The molecule has 2 nitrogen and oxygen atoms in total. The van der Waals surface area contributed by atoms with Crippen LogP contribution in [-0.2, 0) is 11.3 Å². The van der Waals surface area contributed by atoms with E-state index in [4.69, 9.17) is 11.6 Å². The Morgan fingerprint density at radius 2 is 2.29 bits per heavy atom. The van der Waals surface area contributed by atoms with Crippen LogP contribution in [0.3, 0.4) is 0 Å². The number of piperidine rings is 1. The smallest absolute Gasteiger partial charge is 0.138 e. The second-order valence-electron chi connectivity index (χ2n) is 4.59. The molecule has 0 radical (unpaired) electrons. The predicted molar refractivity (Wildman–Crippen MR) is 73.2 cm³/mol. The molecule has 1 aliphatic heterocycles. The summed E-state index contributed by atoms with van der Waals surface area (Å²) in [7, 11) is 0. The van der Waals surface area contributed by atoms with Crippen LogP contribution in [-0.4, -0.2) is 23.8 Å². The van der Waals surface area contributed by atoms with Crippen molar-refractivity contribution in [1.29, 1.82) is 0 Å². The zero-order chi connectivity index (χ0) is 12.4. The van der Waals surface area contributed by atoms with Crippen molar-refractivity contribution in [3.05, 3.63) is 33.3 Å². The summed E-state index contributed by atoms with van der Waals surface area (Å²) in [5, 5.41) is 0.781. The highest BCUT2D eigenvalue weighted by atomic mass is 79.9. The fourth-order valence-corrected chi connectivity index (χ4v) is 2.86. The lowest BCUT2D eigenvalue weighted by molar-refractivity contribution is -0.125. The first-order chi connectivity index (χ1) is 8.06. The van der Waals surface area contributed by atoms with Gasteiger partial charge in [-0.2, -0.15) is 0 Å². The Labute approximate surface area is 115 Å². The van der Waals surface area contributed by atoms with Gasteiger partial charge in [0.1, 0.15) is 5.78 Å². The molecule has 0 amide bonds. The van der Waals surface area contributed by atoms with Crippen molar-refractivity contribution in [3.8, 4) is 0 Å². The number of ketones is 1. The van der Waals surface area contributed by atoms with Crippen LogP contribution in [0.5, 0.6) is 0 Å². The van der Waals surface area contributed by atoms with Crippen LogP contribution in [0, 0.1) is 5.92 Å². The molecule has 0 aliphatic carbocycles. The van der Waals surface area contributed by atoms with Crippen molar-refractivity contribution < 1.29 is 4.79 Å². The summed E-state index contributed by atoms with van der Waals surface area (Å²) in [4.78, 5) is 13.7. The highest BCUT2D eigenvalue weighted by Crippen LogP contribution is 2.24. The minimum Gasteiger partial charge on any atom is -0.299 e. The molecule has 0 aromatic heterocycles. The van der Waals surface area contributed by atoms with E-state index in [1.54, 1.807) is 0 Å². The van der Waals surface area contributed by atoms with Crippen molar-refractivity contribution in [2.45, 2.75) is 19.9 Å². The van der Waals surface area contributed by atoms with E-state index in [0.717, 1.165) is 34.7 Å². The first-order valence-electron chi connectivity index (χ1n) is 5.75. The Kier molecular flexibility index (Phi) is 4.23. The molecule has 92 valence electrons. The SMILES string of the molecule is CC1CN(Cc2ccc(Br)cc2Cl)CCC1=O. The first-order valence-corrected chi connectivity index (χ1v) is 6.92. The molecule has 4 heteroatoms. The third-order valence-electron chi connectivity index (χ3n) is 3.17. The van der Waals surface area contributed by atoms with Gasteiger partial charge in [0.2, 0.25) is 0 Å². The highest BCUT2D eigenvalue weighted by molar-refractivity contribution is 9.10. The first kappa shape index (κ1) is 13.1. The van der Waals surface area contributed by atoms with E-state index in [9.17, 15) is 4.79 Å². The van der Waals surface area contributed by atoms with Gasteiger partial charge in [-0.25, -0.2) is 0 Å². The van der Waals surface area contributed by atoms with Crippen LogP contribution in [0.1, 0.15) is 18.9 Å². The van der Waals surface area contributed by atoms with Crippen molar-refractivity contribution in [1.82, 2.24) is 4.90 Å². The van der Waals surface area contributed by atoms with E-state index in [2.05, 4.69) is 20.8 Å². The maximum Gasteiger partial charge on any atom is 0.138 e. The summed E-state index contributed by atoms with van der Waals surface area (Å²) in [6, 6.07) is 5.95. The third kappa shape index (κ3) is 3.30. The second-order valence-corrected chi connectivity index (χ2v) is 5.91. The van der Waals surface area contributed by atoms with Crippen LogP contribution < -0.4 is 0 Å². The predicted octanol–water partition coefficient (Wildman–Crippen LogP) is 3.51. The Balaban J connectivity index is 2.03. The fraction of sp³-hybridized carbons (Fsp3) is 0.462. The maximum absolute atomic E-state index is 11.4. The number of nitrogens with zero attached hydrogens (tertiary/aromatic N) is 1. The van der Waals surface area contributed by atoms with E-state index < -0.39 is 0 Å². The number of hydrogen-bond acceptors (Lipinski definition) is 2. The Hall–Kier alpha value is -0.380. The van der Waals surface area contributed by atoms with Crippen molar-refractivity contribution in [2.75, 3.05) is 13.1 Å². The lowest BCUT2D eigenvalue weighted by Gasteiger charge is -2.30. The molecular formula is C13H15BrClNO. The average molecular weight is 317 g/mol. The lowest BCUT2D eigenvalue weighted by atomic mass is 9.98. The molecule has 0 spiro atoms. The number of carbonyl (C=O) groups is 1. The molecule has 1 saturated heterocycles. The van der Waals surface area contributed by atoms with Gasteiger partial charge in [-0.3, -0.25) is 9.69 Å². The minimum absolute atomic E-state index is 0.151. The van der Waals surface area contributed by atoms with E-state index in [0.29, 0.717) is 12.2 Å². The summed E-state index contributed by atoms with van der Waals surface area (Å²) in [5.41, 5.74) is 1.12. The van der Waals surface area contributed by atoms with Crippen LogP contribution in [0.25, 0.3) is 0 Å². The van der Waals surface area contributed by atoms with Gasteiger partial charge >= 0.3 is 0 Å². The third-order valence-corrected chi connectivity index (χ3v) is 4.01. The number of halogens is 2. The quantitative estimate of drug-likeness (QED) is 0.832. The van der Waals surface area contributed by atoms with Gasteiger partial charge in [0.25, 0.3) is 0 Å². The number of hydrogen-bond donors (Lipinski definition) is 0. The summed E-state index contributed by atoms with van der Waals surface area (Å²) in [6.07, 6.45) is 0.662. The van der Waals surface area contributed by atoms with E-state index in [-0.39, 0.29) is 5.92 Å². The van der Waals surface area contributed by atoms with Crippen molar-refractivity contribution in [3.63, 3.8) is 0 Å². The Morgan fingerprint density at radius 3 is 2.94 bits per heavy atom. The standard InChI is InChI=1S/C13H15BrClNO/c1-9-7-16(5-4-13(9)17)8-10-2-3-11(14)6-12(10)15/h2-3,6,9H,4-5,7-8H2,1H3. The molecule has 1 unspecified atom stereocenters. The van der Waals surface area contributed by atoms with Crippen LogP contribution >= 0.6 is 27.5 Å². The number of likely N-dealkylation sites (tertiary alicyclic amines) is 1. The maximum atomic E-state index is 11.4. The highest BCUT2D eigenvalue weighted by Gasteiger charge is 2.23. The van der Waals surface area contributed by atoms with Gasteiger partial charge in [-0.05, 0) is 17.7 Å². The van der Waals surface area contributed by atoms with Crippen LogP contribution in [0.15, 0.2) is 22.7 Å². The Bertz CT molecular complexity index is 435. The zero-order valence-electron chi connectivity index (χ0n) is 9.75. The van der Waals surface area contributed by atoms with Gasteiger partial charge in [0.15, 0.2) is 0 Å². The lowest BCUT2D eigenvalue weighted by Crippen LogP contribution is -2.39. The molecular weight excluding hydrogens is 302 g/mol. The minimum atomic E-state index is 0.151. The molecule has 0 saturated carbocycles. The summed E-state index contributed by atoms with van der Waals surface area (Å²) >= 11 is 9.59. The largest absolute Gasteiger partial charge is 0.299 e. The molecule has 1 atom stereocenters. The molecule has 0 N–H and O–H groups in total. The molecule has 1 heterocycles. The van der Waals surface area contributed by atoms with Crippen molar-refractivity contribution in [2.24, 2.45) is 5.92 Å². The summed E-state index contributed by atoms with van der Waals surface area (Å²) < 4.78 is 0.994. The number of benzene rings is 1. The van der Waals surface area contributed by atoms with Crippen LogP contribution in [0.2, 0.25) is 5.02 Å². The monoisotopic (exact) mass is 315 g/mol. The number of rotatable bonds is 2. The number of Topliss-reactive ketones (excluding diaryl/α,β-unsaturated/α-hetero) is 1. The molecule has 1 aromatic rings. The molecule has 17 heavy (non-hydrogen) atoms. The van der Waals surface area contributed by atoms with Gasteiger partial charge < -0.3 is 0 Å². The summed E-state index contributed by atoms with van der Waals surface area (Å²) in [6.45, 7) is 4.50. The van der Waals surface area contributed by atoms with Crippen molar-refractivity contribution >= 4 is 33.3 Å². The van der Waals surface area contributed by atoms with Crippen LogP contribution in [0.4, 0.5) is 0 Å². The second kappa shape index (κ2) is 5.51. The average Bonchev–Trinajstić information content (AvgIpc) is 2.27. The fourth-order valence-electron chi connectivity index (χ4n) is 2.13.